The van der Waals surface area contributed by atoms with Gasteiger partial charge in [0.2, 0.25) is 5.91 Å². The smallest absolute Gasteiger partial charge is 0.326 e. The van der Waals surface area contributed by atoms with Gasteiger partial charge in [-0.25, -0.2) is 4.79 Å². The van der Waals surface area contributed by atoms with Gasteiger partial charge in [-0.1, -0.05) is 31.0 Å². The third kappa shape index (κ3) is 6.79. The van der Waals surface area contributed by atoms with E-state index in [1.54, 1.807) is 0 Å². The van der Waals surface area contributed by atoms with Crippen molar-refractivity contribution in [2.45, 2.75) is 45.6 Å². The number of carboxylic acid groups (broad SMARTS) is 1. The average Bonchev–Trinajstić information content (AvgIpc) is 2.45. The van der Waals surface area contributed by atoms with Gasteiger partial charge in [0.05, 0.1) is 6.61 Å². The number of rotatable bonds is 9. The van der Waals surface area contributed by atoms with E-state index in [2.05, 4.69) is 5.32 Å². The van der Waals surface area contributed by atoms with Crippen LogP contribution in [-0.4, -0.2) is 29.6 Å². The summed E-state index contributed by atoms with van der Waals surface area (Å²) < 4.78 is 5.52. The van der Waals surface area contributed by atoms with Crippen LogP contribution in [0.1, 0.15) is 38.2 Å². The molecule has 1 aromatic carbocycles. The maximum Gasteiger partial charge on any atom is 0.326 e. The highest BCUT2D eigenvalue weighted by Crippen LogP contribution is 2.11. The van der Waals surface area contributed by atoms with Crippen molar-refractivity contribution in [2.24, 2.45) is 0 Å². The summed E-state index contributed by atoms with van der Waals surface area (Å²) in [4.78, 5) is 22.6. The number of aryl methyl sites for hydroxylation is 1. The van der Waals surface area contributed by atoms with Crippen LogP contribution in [0.5, 0.6) is 5.75 Å². The highest BCUT2D eigenvalue weighted by Gasteiger charge is 2.18. The van der Waals surface area contributed by atoms with E-state index in [-0.39, 0.29) is 12.3 Å². The predicted octanol–water partition coefficient (Wildman–Crippen LogP) is 2.52. The SMILES string of the molecule is CCC[C@@H](NC(=O)CCCOc1ccc(C)cc1)C(=O)O. The van der Waals surface area contributed by atoms with Gasteiger partial charge >= 0.3 is 5.97 Å². The number of carbonyl (C=O) groups is 2. The van der Waals surface area contributed by atoms with Crippen molar-refractivity contribution in [1.82, 2.24) is 5.32 Å². The van der Waals surface area contributed by atoms with Gasteiger partial charge in [-0.2, -0.15) is 0 Å². The van der Waals surface area contributed by atoms with Crippen LogP contribution in [0.4, 0.5) is 0 Å². The number of nitrogens with one attached hydrogen (secondary N) is 1. The molecule has 0 aromatic heterocycles. The molecule has 1 rings (SSSR count). The van der Waals surface area contributed by atoms with E-state index in [1.807, 2.05) is 38.1 Å². The first-order chi connectivity index (χ1) is 10.0. The zero-order chi connectivity index (χ0) is 15.7. The van der Waals surface area contributed by atoms with E-state index in [1.165, 1.54) is 0 Å². The van der Waals surface area contributed by atoms with Gasteiger partial charge < -0.3 is 15.2 Å². The number of benzene rings is 1. The number of carbonyl (C=O) groups excluding carboxylic acids is 1. The molecule has 0 aliphatic rings. The van der Waals surface area contributed by atoms with Crippen molar-refractivity contribution < 1.29 is 19.4 Å². The fraction of sp³-hybridized carbons (Fsp3) is 0.500. The van der Waals surface area contributed by atoms with Crippen LogP contribution in [0, 0.1) is 6.92 Å². The van der Waals surface area contributed by atoms with Crippen LogP contribution in [0.3, 0.4) is 0 Å². The molecule has 0 saturated heterocycles. The first kappa shape index (κ1) is 17.0. The highest BCUT2D eigenvalue weighted by atomic mass is 16.5. The molecular weight excluding hydrogens is 270 g/mol. The first-order valence-electron chi connectivity index (χ1n) is 7.24. The maximum atomic E-state index is 11.7. The van der Waals surface area contributed by atoms with Crippen LogP contribution < -0.4 is 10.1 Å². The number of amides is 1. The molecule has 21 heavy (non-hydrogen) atoms. The Morgan fingerprint density at radius 2 is 1.95 bits per heavy atom. The lowest BCUT2D eigenvalue weighted by molar-refractivity contribution is -0.142. The van der Waals surface area contributed by atoms with Gasteiger partial charge in [-0.3, -0.25) is 4.79 Å². The van der Waals surface area contributed by atoms with Crippen LogP contribution >= 0.6 is 0 Å². The normalized spacial score (nSPS) is 11.7. The molecule has 1 amide bonds. The molecule has 116 valence electrons. The minimum absolute atomic E-state index is 0.247. The van der Waals surface area contributed by atoms with Crippen LogP contribution in [0.25, 0.3) is 0 Å². The lowest BCUT2D eigenvalue weighted by Crippen LogP contribution is -2.40. The quantitative estimate of drug-likeness (QED) is 0.686. The Morgan fingerprint density at radius 1 is 1.29 bits per heavy atom. The van der Waals surface area contributed by atoms with E-state index in [0.29, 0.717) is 25.9 Å². The second kappa shape index (κ2) is 9.00. The Morgan fingerprint density at radius 3 is 2.52 bits per heavy atom. The molecule has 0 unspecified atom stereocenters. The van der Waals surface area contributed by atoms with E-state index in [4.69, 9.17) is 9.84 Å². The molecule has 0 fully saturated rings. The van der Waals surface area contributed by atoms with Crippen molar-refractivity contribution >= 4 is 11.9 Å². The summed E-state index contributed by atoms with van der Waals surface area (Å²) in [5, 5.41) is 11.5. The van der Waals surface area contributed by atoms with E-state index < -0.39 is 12.0 Å². The second-order valence-electron chi connectivity index (χ2n) is 5.01. The Hall–Kier alpha value is -2.04. The highest BCUT2D eigenvalue weighted by molar-refractivity contribution is 5.83. The molecular formula is C16H23NO4. The van der Waals surface area contributed by atoms with Crippen molar-refractivity contribution in [3.05, 3.63) is 29.8 Å². The van der Waals surface area contributed by atoms with Crippen molar-refractivity contribution in [3.63, 3.8) is 0 Å². The lowest BCUT2D eigenvalue weighted by Gasteiger charge is -2.13. The molecule has 0 radical (unpaired) electrons. The molecule has 0 heterocycles. The molecule has 0 aliphatic carbocycles. The van der Waals surface area contributed by atoms with E-state index >= 15 is 0 Å². The molecule has 2 N–H and O–H groups in total. The molecule has 5 nitrogen and oxygen atoms in total. The van der Waals surface area contributed by atoms with Crippen LogP contribution in [0.15, 0.2) is 24.3 Å². The standard InChI is InChI=1S/C16H23NO4/c1-3-5-14(16(19)20)17-15(18)6-4-11-21-13-9-7-12(2)8-10-13/h7-10,14H,3-6,11H2,1-2H3,(H,17,18)(H,19,20)/t14-/m1/s1. The van der Waals surface area contributed by atoms with E-state index in [9.17, 15) is 9.59 Å². The number of hydrogen-bond donors (Lipinski definition) is 2. The molecule has 0 bridgehead atoms. The summed E-state index contributed by atoms with van der Waals surface area (Å²) in [5.41, 5.74) is 1.16. The first-order valence-corrected chi connectivity index (χ1v) is 7.24. The topological polar surface area (TPSA) is 75.6 Å². The zero-order valence-electron chi connectivity index (χ0n) is 12.6. The second-order valence-corrected chi connectivity index (χ2v) is 5.01. The Labute approximate surface area is 125 Å². The Balaban J connectivity index is 2.23. The molecule has 0 spiro atoms. The molecule has 5 heteroatoms. The van der Waals surface area contributed by atoms with Crippen molar-refractivity contribution in [1.29, 1.82) is 0 Å². The Kier molecular flexibility index (Phi) is 7.29. The third-order valence-corrected chi connectivity index (χ3v) is 3.05. The fourth-order valence-corrected chi connectivity index (χ4v) is 1.87. The number of hydrogen-bond acceptors (Lipinski definition) is 3. The number of aliphatic carboxylic acids is 1. The summed E-state index contributed by atoms with van der Waals surface area (Å²) in [6.07, 6.45) is 1.98. The predicted molar refractivity (Wildman–Crippen MR) is 80.4 cm³/mol. The van der Waals surface area contributed by atoms with Gasteiger partial charge in [0.15, 0.2) is 0 Å². The average molecular weight is 293 g/mol. The largest absolute Gasteiger partial charge is 0.494 e. The zero-order valence-corrected chi connectivity index (χ0v) is 12.6. The van der Waals surface area contributed by atoms with Crippen molar-refractivity contribution in [2.75, 3.05) is 6.61 Å². The molecule has 1 aromatic rings. The monoisotopic (exact) mass is 293 g/mol. The van der Waals surface area contributed by atoms with Crippen LogP contribution in [0.2, 0.25) is 0 Å². The van der Waals surface area contributed by atoms with Crippen molar-refractivity contribution in [3.8, 4) is 5.75 Å². The van der Waals surface area contributed by atoms with E-state index in [0.717, 1.165) is 11.3 Å². The minimum atomic E-state index is -0.985. The molecule has 0 saturated carbocycles. The summed E-state index contributed by atoms with van der Waals surface area (Å²) in [7, 11) is 0. The number of carboxylic acids is 1. The summed E-state index contributed by atoms with van der Waals surface area (Å²) >= 11 is 0. The summed E-state index contributed by atoms with van der Waals surface area (Å²) in [6.45, 7) is 4.32. The molecule has 0 aliphatic heterocycles. The maximum absolute atomic E-state index is 11.7. The van der Waals surface area contributed by atoms with Gasteiger partial charge in [0.1, 0.15) is 11.8 Å². The summed E-state index contributed by atoms with van der Waals surface area (Å²) in [5.74, 6) is -0.458. The van der Waals surface area contributed by atoms with Gasteiger partial charge in [-0.05, 0) is 31.9 Å². The van der Waals surface area contributed by atoms with Gasteiger partial charge in [0, 0.05) is 6.42 Å². The fourth-order valence-electron chi connectivity index (χ4n) is 1.87. The van der Waals surface area contributed by atoms with Gasteiger partial charge in [-0.15, -0.1) is 0 Å². The minimum Gasteiger partial charge on any atom is -0.494 e. The summed E-state index contributed by atoms with van der Waals surface area (Å²) in [6, 6.07) is 6.91. The molecule has 1 atom stereocenters. The Bertz CT molecular complexity index is 456. The number of ether oxygens (including phenoxy) is 1. The van der Waals surface area contributed by atoms with Gasteiger partial charge in [0.25, 0.3) is 0 Å². The van der Waals surface area contributed by atoms with Crippen LogP contribution in [-0.2, 0) is 9.59 Å². The lowest BCUT2D eigenvalue weighted by atomic mass is 10.1. The third-order valence-electron chi connectivity index (χ3n) is 3.05.